The van der Waals surface area contributed by atoms with Crippen molar-refractivity contribution in [2.45, 2.75) is 5.16 Å². The number of para-hydroxylation sites is 1. The van der Waals surface area contributed by atoms with E-state index in [9.17, 15) is 18.4 Å². The molecule has 0 unspecified atom stereocenters. The first kappa shape index (κ1) is 17.1. The number of carbonyl (C=O) groups excluding carboxylic acids is 1. The molecule has 8 heteroatoms. The minimum atomic E-state index is -0.776. The lowest BCUT2D eigenvalue weighted by atomic mass is 10.2. The molecule has 1 N–H and O–H groups in total. The summed E-state index contributed by atoms with van der Waals surface area (Å²) < 4.78 is 27.6. The molecule has 0 spiro atoms. The average Bonchev–Trinajstić information content (AvgIpc) is 2.56. The fraction of sp³-hybridized carbons (Fsp3) is 0.118. The summed E-state index contributed by atoms with van der Waals surface area (Å²) in [5, 5.41) is 3.28. The Bertz CT molecular complexity index is 1000. The first-order valence-corrected chi connectivity index (χ1v) is 8.27. The van der Waals surface area contributed by atoms with Crippen molar-refractivity contribution in [3.8, 4) is 0 Å². The van der Waals surface area contributed by atoms with Crippen molar-refractivity contribution in [1.82, 2.24) is 9.55 Å². The molecule has 2 aromatic carbocycles. The molecule has 0 saturated heterocycles. The van der Waals surface area contributed by atoms with Gasteiger partial charge in [0.25, 0.3) is 5.56 Å². The van der Waals surface area contributed by atoms with E-state index in [1.54, 1.807) is 31.3 Å². The van der Waals surface area contributed by atoms with Crippen molar-refractivity contribution in [3.63, 3.8) is 0 Å². The van der Waals surface area contributed by atoms with Gasteiger partial charge in [-0.1, -0.05) is 23.9 Å². The third-order valence-electron chi connectivity index (χ3n) is 3.42. The zero-order valence-electron chi connectivity index (χ0n) is 13.1. The van der Waals surface area contributed by atoms with Crippen LogP contribution in [0.3, 0.4) is 0 Å². The normalized spacial score (nSPS) is 10.8. The quantitative estimate of drug-likeness (QED) is 0.573. The Labute approximate surface area is 145 Å². The summed E-state index contributed by atoms with van der Waals surface area (Å²) >= 11 is 1.06. The molecule has 128 valence electrons. The number of aromatic nitrogens is 2. The Kier molecular flexibility index (Phi) is 4.80. The lowest BCUT2D eigenvalue weighted by Crippen LogP contribution is -2.21. The van der Waals surface area contributed by atoms with Crippen LogP contribution in [0.1, 0.15) is 0 Å². The van der Waals surface area contributed by atoms with E-state index in [1.165, 1.54) is 4.57 Å². The third-order valence-corrected chi connectivity index (χ3v) is 4.45. The molecule has 0 bridgehead atoms. The van der Waals surface area contributed by atoms with E-state index in [4.69, 9.17) is 0 Å². The van der Waals surface area contributed by atoms with Gasteiger partial charge in [0, 0.05) is 18.8 Å². The van der Waals surface area contributed by atoms with Gasteiger partial charge in [-0.05, 0) is 24.3 Å². The van der Waals surface area contributed by atoms with E-state index in [0.717, 1.165) is 30.0 Å². The number of fused-ring (bicyclic) bond motifs is 1. The van der Waals surface area contributed by atoms with Gasteiger partial charge < -0.3 is 5.32 Å². The van der Waals surface area contributed by atoms with Crippen molar-refractivity contribution in [1.29, 1.82) is 0 Å². The average molecular weight is 361 g/mol. The van der Waals surface area contributed by atoms with Gasteiger partial charge >= 0.3 is 0 Å². The number of carbonyl (C=O) groups is 1. The van der Waals surface area contributed by atoms with Crippen LogP contribution in [0.4, 0.5) is 14.5 Å². The van der Waals surface area contributed by atoms with Gasteiger partial charge in [-0.3, -0.25) is 14.2 Å². The van der Waals surface area contributed by atoms with Crippen LogP contribution >= 0.6 is 11.8 Å². The summed E-state index contributed by atoms with van der Waals surface area (Å²) in [5.74, 6) is -2.07. The van der Waals surface area contributed by atoms with Gasteiger partial charge in [0.05, 0.1) is 16.7 Å². The molecule has 0 saturated carbocycles. The van der Waals surface area contributed by atoms with Crippen LogP contribution in [-0.4, -0.2) is 21.2 Å². The van der Waals surface area contributed by atoms with Crippen molar-refractivity contribution >= 4 is 34.3 Å². The van der Waals surface area contributed by atoms with Gasteiger partial charge in [0.1, 0.15) is 11.6 Å². The Balaban J connectivity index is 1.75. The number of rotatable bonds is 4. The summed E-state index contributed by atoms with van der Waals surface area (Å²) in [6, 6.07) is 9.70. The summed E-state index contributed by atoms with van der Waals surface area (Å²) in [5.41, 5.74) is 0.366. The molecule has 1 heterocycles. The van der Waals surface area contributed by atoms with Gasteiger partial charge in [-0.15, -0.1) is 0 Å². The highest BCUT2D eigenvalue weighted by Gasteiger charge is 2.11. The SMILES string of the molecule is Cn1c(SCC(=O)Nc2cc(F)cc(F)c2)nc2ccccc2c1=O. The molecular weight excluding hydrogens is 348 g/mol. The largest absolute Gasteiger partial charge is 0.325 e. The number of amides is 1. The fourth-order valence-electron chi connectivity index (χ4n) is 2.28. The van der Waals surface area contributed by atoms with E-state index >= 15 is 0 Å². The first-order chi connectivity index (χ1) is 11.9. The number of hydrogen-bond donors (Lipinski definition) is 1. The minimum Gasteiger partial charge on any atom is -0.325 e. The molecule has 0 aliphatic rings. The first-order valence-electron chi connectivity index (χ1n) is 7.28. The van der Waals surface area contributed by atoms with Crippen LogP contribution in [0, 0.1) is 11.6 Å². The number of thioether (sulfide) groups is 1. The molecule has 3 aromatic rings. The van der Waals surface area contributed by atoms with Crippen molar-refractivity contribution in [2.75, 3.05) is 11.1 Å². The van der Waals surface area contributed by atoms with Crippen molar-refractivity contribution < 1.29 is 13.6 Å². The second-order valence-corrected chi connectivity index (χ2v) is 6.21. The maximum Gasteiger partial charge on any atom is 0.261 e. The van der Waals surface area contributed by atoms with E-state index in [1.807, 2.05) is 0 Å². The van der Waals surface area contributed by atoms with Crippen LogP contribution in [0.2, 0.25) is 0 Å². The molecular formula is C17H13F2N3O2S. The van der Waals surface area contributed by atoms with E-state index < -0.39 is 17.5 Å². The minimum absolute atomic E-state index is 0.0310. The van der Waals surface area contributed by atoms with E-state index in [-0.39, 0.29) is 17.0 Å². The molecule has 1 amide bonds. The lowest BCUT2D eigenvalue weighted by Gasteiger charge is -2.09. The number of benzene rings is 2. The monoisotopic (exact) mass is 361 g/mol. The van der Waals surface area contributed by atoms with Crippen molar-refractivity contribution in [3.05, 3.63) is 64.5 Å². The van der Waals surface area contributed by atoms with Gasteiger partial charge in [0.2, 0.25) is 5.91 Å². The summed E-state index contributed by atoms with van der Waals surface area (Å²) in [6.07, 6.45) is 0. The molecule has 0 atom stereocenters. The van der Waals surface area contributed by atoms with Crippen LogP contribution in [0.25, 0.3) is 10.9 Å². The van der Waals surface area contributed by atoms with Gasteiger partial charge in [0.15, 0.2) is 5.16 Å². The van der Waals surface area contributed by atoms with Crippen LogP contribution in [0.15, 0.2) is 52.4 Å². The van der Waals surface area contributed by atoms with E-state index in [2.05, 4.69) is 10.3 Å². The molecule has 1 aromatic heterocycles. The van der Waals surface area contributed by atoms with E-state index in [0.29, 0.717) is 16.1 Å². The van der Waals surface area contributed by atoms with Crippen LogP contribution in [0.5, 0.6) is 0 Å². The summed E-state index contributed by atoms with van der Waals surface area (Å²) in [4.78, 5) is 28.6. The maximum absolute atomic E-state index is 13.1. The molecule has 0 aliphatic heterocycles. The van der Waals surface area contributed by atoms with Crippen LogP contribution in [-0.2, 0) is 11.8 Å². The predicted octanol–water partition coefficient (Wildman–Crippen LogP) is 2.94. The summed E-state index contributed by atoms with van der Waals surface area (Å²) in [7, 11) is 1.57. The second-order valence-electron chi connectivity index (χ2n) is 5.27. The van der Waals surface area contributed by atoms with Gasteiger partial charge in [-0.25, -0.2) is 13.8 Å². The summed E-state index contributed by atoms with van der Waals surface area (Å²) in [6.45, 7) is 0. The Morgan fingerprint density at radius 3 is 2.60 bits per heavy atom. The van der Waals surface area contributed by atoms with Crippen molar-refractivity contribution in [2.24, 2.45) is 7.05 Å². The standard InChI is InChI=1S/C17H13F2N3O2S/c1-22-16(24)13-4-2-3-5-14(13)21-17(22)25-9-15(23)20-12-7-10(18)6-11(19)8-12/h2-8H,9H2,1H3,(H,20,23). The molecule has 5 nitrogen and oxygen atoms in total. The third kappa shape index (κ3) is 3.85. The number of nitrogens with zero attached hydrogens (tertiary/aromatic N) is 2. The molecule has 25 heavy (non-hydrogen) atoms. The zero-order valence-corrected chi connectivity index (χ0v) is 13.9. The molecule has 3 rings (SSSR count). The number of halogens is 2. The van der Waals surface area contributed by atoms with Gasteiger partial charge in [-0.2, -0.15) is 0 Å². The second kappa shape index (κ2) is 7.02. The highest BCUT2D eigenvalue weighted by Crippen LogP contribution is 2.18. The Morgan fingerprint density at radius 2 is 1.88 bits per heavy atom. The molecule has 0 fully saturated rings. The smallest absolute Gasteiger partial charge is 0.261 e. The predicted molar refractivity (Wildman–Crippen MR) is 92.7 cm³/mol. The Morgan fingerprint density at radius 1 is 1.20 bits per heavy atom. The molecule has 0 aliphatic carbocycles. The molecule has 0 radical (unpaired) electrons. The zero-order chi connectivity index (χ0) is 18.0. The highest BCUT2D eigenvalue weighted by atomic mass is 32.2. The topological polar surface area (TPSA) is 64.0 Å². The number of anilines is 1. The maximum atomic E-state index is 13.1. The van der Waals surface area contributed by atoms with Crippen LogP contribution < -0.4 is 10.9 Å². The Hall–Kier alpha value is -2.74. The lowest BCUT2D eigenvalue weighted by molar-refractivity contribution is -0.113. The number of hydrogen-bond acceptors (Lipinski definition) is 4. The fourth-order valence-corrected chi connectivity index (χ4v) is 3.05. The highest BCUT2D eigenvalue weighted by molar-refractivity contribution is 7.99. The number of nitrogens with one attached hydrogen (secondary N) is 1.